The summed E-state index contributed by atoms with van der Waals surface area (Å²) in [6.07, 6.45) is 4.49. The minimum absolute atomic E-state index is 0.101. The maximum Gasteiger partial charge on any atom is 0.255 e. The summed E-state index contributed by atoms with van der Waals surface area (Å²) in [4.78, 5) is 45.2. The first-order valence-corrected chi connectivity index (χ1v) is 10.8. The van der Waals surface area contributed by atoms with Crippen molar-refractivity contribution in [3.05, 3.63) is 71.0 Å². The molecule has 2 heterocycles. The van der Waals surface area contributed by atoms with Crippen LogP contribution in [-0.4, -0.2) is 46.7 Å². The summed E-state index contributed by atoms with van der Waals surface area (Å²) >= 11 is 6.21. The number of fused-ring (bicyclic) bond motifs is 2. The Labute approximate surface area is 189 Å². The molecule has 3 amide bonds. The lowest BCUT2D eigenvalue weighted by atomic mass is 9.87. The fraction of sp³-hybridized carbons (Fsp3) is 0.250. The molecule has 2 aliphatic rings. The Kier molecular flexibility index (Phi) is 4.86. The molecule has 1 aliphatic carbocycles. The lowest BCUT2D eigenvalue weighted by molar-refractivity contribution is -0.127. The molecule has 5 rings (SSSR count). The van der Waals surface area contributed by atoms with E-state index in [0.717, 1.165) is 10.8 Å². The van der Waals surface area contributed by atoms with Crippen molar-refractivity contribution in [2.45, 2.75) is 24.3 Å². The van der Waals surface area contributed by atoms with Crippen molar-refractivity contribution in [1.82, 2.24) is 15.2 Å². The fourth-order valence-electron chi connectivity index (χ4n) is 4.53. The van der Waals surface area contributed by atoms with Crippen LogP contribution in [0.25, 0.3) is 10.8 Å². The predicted molar refractivity (Wildman–Crippen MR) is 122 cm³/mol. The van der Waals surface area contributed by atoms with E-state index < -0.39 is 11.5 Å². The van der Waals surface area contributed by atoms with Gasteiger partial charge in [-0.25, -0.2) is 0 Å². The van der Waals surface area contributed by atoms with E-state index in [1.54, 1.807) is 42.5 Å². The summed E-state index contributed by atoms with van der Waals surface area (Å²) in [6.45, 7) is 0.101. The van der Waals surface area contributed by atoms with E-state index in [2.05, 4.69) is 15.6 Å². The van der Waals surface area contributed by atoms with Gasteiger partial charge in [0.15, 0.2) is 0 Å². The Balaban J connectivity index is 1.54. The Morgan fingerprint density at radius 1 is 1.16 bits per heavy atom. The van der Waals surface area contributed by atoms with Gasteiger partial charge in [0, 0.05) is 41.1 Å². The molecule has 1 aromatic heterocycles. The highest BCUT2D eigenvalue weighted by atomic mass is 35.5. The number of amides is 3. The zero-order valence-electron chi connectivity index (χ0n) is 17.4. The first-order valence-electron chi connectivity index (χ1n) is 10.4. The lowest BCUT2D eigenvalue weighted by Gasteiger charge is -2.38. The van der Waals surface area contributed by atoms with Gasteiger partial charge in [0.1, 0.15) is 5.54 Å². The molecular weight excluding hydrogens is 428 g/mol. The number of nitrogens with zero attached hydrogens (tertiary/aromatic N) is 2. The normalized spacial score (nSPS) is 18.8. The number of hydrogen-bond donors (Lipinski definition) is 2. The van der Waals surface area contributed by atoms with Crippen molar-refractivity contribution in [2.75, 3.05) is 18.9 Å². The average molecular weight is 449 g/mol. The molecule has 0 spiro atoms. The molecular formula is C24H21ClN4O3. The smallest absolute Gasteiger partial charge is 0.255 e. The van der Waals surface area contributed by atoms with Gasteiger partial charge in [-0.15, -0.1) is 0 Å². The summed E-state index contributed by atoms with van der Waals surface area (Å²) in [6, 6.07) is 12.6. The van der Waals surface area contributed by atoms with Gasteiger partial charge in [-0.2, -0.15) is 0 Å². The largest absolute Gasteiger partial charge is 0.357 e. The third-order valence-electron chi connectivity index (χ3n) is 6.36. The summed E-state index contributed by atoms with van der Waals surface area (Å²) in [5, 5.41) is 7.87. The highest BCUT2D eigenvalue weighted by molar-refractivity contribution is 6.31. The van der Waals surface area contributed by atoms with Crippen LogP contribution in [0.1, 0.15) is 34.7 Å². The van der Waals surface area contributed by atoms with E-state index in [-0.39, 0.29) is 24.3 Å². The zero-order chi connectivity index (χ0) is 22.5. The van der Waals surface area contributed by atoms with Crippen LogP contribution >= 0.6 is 11.6 Å². The molecule has 0 bridgehead atoms. The van der Waals surface area contributed by atoms with Crippen LogP contribution in [0.3, 0.4) is 0 Å². The second kappa shape index (κ2) is 7.60. The van der Waals surface area contributed by atoms with Crippen molar-refractivity contribution in [3.8, 4) is 0 Å². The summed E-state index contributed by atoms with van der Waals surface area (Å²) in [5.74, 6) is -1.42. The number of likely N-dealkylation sites (N-methyl/N-ethyl adjacent to an activating group) is 1. The highest BCUT2D eigenvalue weighted by Crippen LogP contribution is 2.46. The number of carbonyl (C=O) groups is 3. The number of anilines is 1. The first-order chi connectivity index (χ1) is 15.4. The van der Waals surface area contributed by atoms with Gasteiger partial charge in [-0.1, -0.05) is 35.9 Å². The molecule has 162 valence electrons. The molecule has 2 aromatic carbocycles. The van der Waals surface area contributed by atoms with Gasteiger partial charge in [0.2, 0.25) is 11.8 Å². The van der Waals surface area contributed by atoms with Crippen molar-refractivity contribution < 1.29 is 14.4 Å². The van der Waals surface area contributed by atoms with Gasteiger partial charge in [-0.3, -0.25) is 19.4 Å². The van der Waals surface area contributed by atoms with Gasteiger partial charge >= 0.3 is 0 Å². The van der Waals surface area contributed by atoms with Gasteiger partial charge in [-0.05, 0) is 36.6 Å². The minimum atomic E-state index is -0.900. The average Bonchev–Trinajstić information content (AvgIpc) is 3.60. The van der Waals surface area contributed by atoms with E-state index in [1.165, 1.54) is 0 Å². The van der Waals surface area contributed by atoms with E-state index in [0.29, 0.717) is 34.7 Å². The van der Waals surface area contributed by atoms with Crippen LogP contribution in [0.5, 0.6) is 0 Å². The molecule has 32 heavy (non-hydrogen) atoms. The molecule has 1 fully saturated rings. The number of rotatable bonds is 4. The predicted octanol–water partition coefficient (Wildman–Crippen LogP) is 3.34. The molecule has 7 nitrogen and oxygen atoms in total. The number of pyridine rings is 1. The molecule has 1 unspecified atom stereocenters. The molecule has 1 saturated carbocycles. The maximum atomic E-state index is 13.5. The van der Waals surface area contributed by atoms with Crippen molar-refractivity contribution in [2.24, 2.45) is 0 Å². The SMILES string of the molecule is CNC(=O)C1(N2CC(C(=O)Nc3cncc4ccccc34)c3cc(Cl)ccc3C2=O)CC1. The van der Waals surface area contributed by atoms with Crippen molar-refractivity contribution in [3.63, 3.8) is 0 Å². The maximum absolute atomic E-state index is 13.5. The quantitative estimate of drug-likeness (QED) is 0.640. The standard InChI is InChI=1S/C24H21ClN4O3/c1-26-23(32)24(8-9-24)29-13-19(18-10-15(25)6-7-17(18)22(29)31)21(30)28-20-12-27-11-14-4-2-3-5-16(14)20/h2-7,10-12,19H,8-9,13H2,1H3,(H,26,32)(H,28,30). The number of halogens is 1. The number of aromatic nitrogens is 1. The van der Waals surface area contributed by atoms with Gasteiger partial charge in [0.05, 0.1) is 17.8 Å². The van der Waals surface area contributed by atoms with Crippen LogP contribution in [0, 0.1) is 0 Å². The lowest BCUT2D eigenvalue weighted by Crippen LogP contribution is -2.55. The van der Waals surface area contributed by atoms with Crippen LogP contribution in [0.4, 0.5) is 5.69 Å². The summed E-state index contributed by atoms with van der Waals surface area (Å²) < 4.78 is 0. The number of carbonyl (C=O) groups excluding carboxylic acids is 3. The topological polar surface area (TPSA) is 91.4 Å². The molecule has 8 heteroatoms. The fourth-order valence-corrected chi connectivity index (χ4v) is 4.71. The molecule has 0 radical (unpaired) electrons. The second-order valence-electron chi connectivity index (χ2n) is 8.21. The summed E-state index contributed by atoms with van der Waals surface area (Å²) in [7, 11) is 1.56. The minimum Gasteiger partial charge on any atom is -0.357 e. The molecule has 0 saturated heterocycles. The second-order valence-corrected chi connectivity index (χ2v) is 8.64. The van der Waals surface area contributed by atoms with Crippen LogP contribution < -0.4 is 10.6 Å². The van der Waals surface area contributed by atoms with E-state index in [1.807, 2.05) is 24.3 Å². The van der Waals surface area contributed by atoms with Crippen molar-refractivity contribution >= 4 is 45.8 Å². The van der Waals surface area contributed by atoms with Crippen LogP contribution in [0.15, 0.2) is 54.9 Å². The van der Waals surface area contributed by atoms with Crippen LogP contribution in [0.2, 0.25) is 5.02 Å². The summed E-state index contributed by atoms with van der Waals surface area (Å²) in [5.41, 5.74) is 0.652. The third-order valence-corrected chi connectivity index (χ3v) is 6.60. The first kappa shape index (κ1) is 20.5. The van der Waals surface area contributed by atoms with Gasteiger partial charge < -0.3 is 15.5 Å². The molecule has 3 aromatic rings. The Morgan fingerprint density at radius 3 is 2.69 bits per heavy atom. The molecule has 1 atom stereocenters. The number of benzene rings is 2. The zero-order valence-corrected chi connectivity index (χ0v) is 18.1. The van der Waals surface area contributed by atoms with E-state index in [4.69, 9.17) is 11.6 Å². The molecule has 1 aliphatic heterocycles. The molecule has 2 N–H and O–H groups in total. The number of nitrogens with one attached hydrogen (secondary N) is 2. The Bertz CT molecular complexity index is 1270. The third kappa shape index (κ3) is 3.20. The Morgan fingerprint density at radius 2 is 1.94 bits per heavy atom. The highest BCUT2D eigenvalue weighted by Gasteiger charge is 2.58. The Hall–Kier alpha value is -3.45. The van der Waals surface area contributed by atoms with E-state index in [9.17, 15) is 14.4 Å². The van der Waals surface area contributed by atoms with Crippen LogP contribution in [-0.2, 0) is 9.59 Å². The number of hydrogen-bond acceptors (Lipinski definition) is 4. The monoisotopic (exact) mass is 448 g/mol. The van der Waals surface area contributed by atoms with Gasteiger partial charge in [0.25, 0.3) is 5.91 Å². The van der Waals surface area contributed by atoms with E-state index >= 15 is 0 Å². The van der Waals surface area contributed by atoms with Crippen molar-refractivity contribution in [1.29, 1.82) is 0 Å².